The lowest BCUT2D eigenvalue weighted by molar-refractivity contribution is -0.137. The molecule has 21 heavy (non-hydrogen) atoms. The third kappa shape index (κ3) is 3.43. The molecule has 7 heteroatoms. The van der Waals surface area contributed by atoms with Crippen molar-refractivity contribution >= 4 is 17.4 Å². The highest BCUT2D eigenvalue weighted by Gasteiger charge is 2.36. The zero-order valence-corrected chi connectivity index (χ0v) is 12.5. The van der Waals surface area contributed by atoms with Crippen LogP contribution in [0.15, 0.2) is 12.3 Å². The van der Waals surface area contributed by atoms with E-state index in [2.05, 4.69) is 4.98 Å². The topological polar surface area (TPSA) is 36.4 Å². The van der Waals surface area contributed by atoms with Gasteiger partial charge in [0, 0.05) is 24.7 Å². The highest BCUT2D eigenvalue weighted by Crippen LogP contribution is 2.38. The molecule has 2 rings (SSSR count). The number of hydrogen-bond acceptors (Lipinski definition) is 3. The van der Waals surface area contributed by atoms with Crippen molar-refractivity contribution in [1.82, 2.24) is 4.98 Å². The second kappa shape index (κ2) is 6.01. The van der Waals surface area contributed by atoms with E-state index >= 15 is 0 Å². The number of nitrogens with zero attached hydrogens (tertiary/aromatic N) is 2. The van der Waals surface area contributed by atoms with Gasteiger partial charge in [-0.05, 0) is 25.3 Å². The summed E-state index contributed by atoms with van der Waals surface area (Å²) in [5.41, 5.74) is -1.08. The van der Waals surface area contributed by atoms with Crippen LogP contribution in [0.4, 0.5) is 19.0 Å². The van der Waals surface area contributed by atoms with Crippen molar-refractivity contribution in [2.75, 3.05) is 24.6 Å². The maximum atomic E-state index is 12.6. The van der Waals surface area contributed by atoms with Crippen LogP contribution < -0.4 is 4.90 Å². The highest BCUT2D eigenvalue weighted by molar-refractivity contribution is 6.33. The van der Waals surface area contributed by atoms with Crippen LogP contribution in [0.3, 0.4) is 0 Å². The Morgan fingerprint density at radius 3 is 2.71 bits per heavy atom. The first-order chi connectivity index (χ1) is 9.81. The van der Waals surface area contributed by atoms with E-state index in [-0.39, 0.29) is 17.0 Å². The Hall–Kier alpha value is -1.01. The number of aliphatic hydroxyl groups is 1. The number of pyridine rings is 1. The number of piperidine rings is 1. The van der Waals surface area contributed by atoms with Gasteiger partial charge in [-0.3, -0.25) is 0 Å². The zero-order chi connectivity index (χ0) is 15.7. The lowest BCUT2D eigenvalue weighted by atomic mass is 9.78. The Morgan fingerprint density at radius 2 is 2.19 bits per heavy atom. The summed E-state index contributed by atoms with van der Waals surface area (Å²) < 4.78 is 37.9. The first-order valence-corrected chi connectivity index (χ1v) is 7.28. The molecule has 1 aromatic rings. The summed E-state index contributed by atoms with van der Waals surface area (Å²) in [6, 6.07) is 0.908. The monoisotopic (exact) mass is 322 g/mol. The van der Waals surface area contributed by atoms with E-state index in [1.807, 2.05) is 11.8 Å². The van der Waals surface area contributed by atoms with Crippen molar-refractivity contribution in [3.63, 3.8) is 0 Å². The van der Waals surface area contributed by atoms with E-state index < -0.39 is 11.7 Å². The molecule has 1 unspecified atom stereocenters. The summed E-state index contributed by atoms with van der Waals surface area (Å²) in [6.45, 7) is 3.29. The lowest BCUT2D eigenvalue weighted by Gasteiger charge is -2.42. The standard InChI is InChI=1S/C14H18ClF3N2O/c1-2-13(9-21)4-3-5-20(8-13)12-11(15)6-10(7-19-12)14(16,17)18/h6-7,21H,2-5,8-9H2,1H3. The van der Waals surface area contributed by atoms with Gasteiger partial charge < -0.3 is 10.0 Å². The Morgan fingerprint density at radius 1 is 1.48 bits per heavy atom. The molecule has 1 fully saturated rings. The third-order valence-electron chi connectivity index (χ3n) is 4.20. The predicted molar refractivity (Wildman–Crippen MR) is 75.5 cm³/mol. The second-order valence-electron chi connectivity index (χ2n) is 5.56. The van der Waals surface area contributed by atoms with Gasteiger partial charge in [0.05, 0.1) is 17.2 Å². The molecule has 1 aliphatic rings. The van der Waals surface area contributed by atoms with Crippen LogP contribution in [0.2, 0.25) is 5.02 Å². The molecule has 0 saturated carbocycles. The van der Waals surface area contributed by atoms with Gasteiger partial charge in [-0.2, -0.15) is 13.2 Å². The minimum Gasteiger partial charge on any atom is -0.396 e. The van der Waals surface area contributed by atoms with Crippen LogP contribution in [0, 0.1) is 5.41 Å². The quantitative estimate of drug-likeness (QED) is 0.921. The zero-order valence-electron chi connectivity index (χ0n) is 11.8. The summed E-state index contributed by atoms with van der Waals surface area (Å²) >= 11 is 5.98. The van der Waals surface area contributed by atoms with E-state index in [1.54, 1.807) is 0 Å². The fourth-order valence-corrected chi connectivity index (χ4v) is 3.02. The molecule has 1 saturated heterocycles. The van der Waals surface area contributed by atoms with Crippen LogP contribution in [-0.4, -0.2) is 29.8 Å². The van der Waals surface area contributed by atoms with Crippen LogP contribution in [0.1, 0.15) is 31.7 Å². The number of aliphatic hydroxyl groups excluding tert-OH is 1. The molecule has 1 aromatic heterocycles. The molecule has 3 nitrogen and oxygen atoms in total. The summed E-state index contributed by atoms with van der Waals surface area (Å²) in [7, 11) is 0. The Bertz CT molecular complexity index is 503. The fraction of sp³-hybridized carbons (Fsp3) is 0.643. The molecule has 1 N–H and O–H groups in total. The number of hydrogen-bond donors (Lipinski definition) is 1. The third-order valence-corrected chi connectivity index (χ3v) is 4.47. The average molecular weight is 323 g/mol. The summed E-state index contributed by atoms with van der Waals surface area (Å²) in [5.74, 6) is 0.357. The van der Waals surface area contributed by atoms with Crippen molar-refractivity contribution in [3.8, 4) is 0 Å². The highest BCUT2D eigenvalue weighted by atomic mass is 35.5. The van der Waals surface area contributed by atoms with Crippen molar-refractivity contribution in [1.29, 1.82) is 0 Å². The van der Waals surface area contributed by atoms with Gasteiger partial charge in [-0.1, -0.05) is 18.5 Å². The maximum Gasteiger partial charge on any atom is 0.417 e. The Labute approximate surface area is 126 Å². The number of halogens is 4. The van der Waals surface area contributed by atoms with Gasteiger partial charge in [0.1, 0.15) is 5.82 Å². The molecule has 1 aliphatic heterocycles. The largest absolute Gasteiger partial charge is 0.417 e. The van der Waals surface area contributed by atoms with E-state index in [0.717, 1.165) is 31.5 Å². The van der Waals surface area contributed by atoms with E-state index in [0.29, 0.717) is 18.9 Å². The van der Waals surface area contributed by atoms with Gasteiger partial charge in [0.2, 0.25) is 0 Å². The molecule has 0 spiro atoms. The normalized spacial score (nSPS) is 23.4. The number of aromatic nitrogens is 1. The van der Waals surface area contributed by atoms with Crippen LogP contribution >= 0.6 is 11.6 Å². The molecule has 118 valence electrons. The van der Waals surface area contributed by atoms with Gasteiger partial charge >= 0.3 is 6.18 Å². The second-order valence-corrected chi connectivity index (χ2v) is 5.97. The SMILES string of the molecule is CCC1(CO)CCCN(c2ncc(C(F)(F)F)cc2Cl)C1. The van der Waals surface area contributed by atoms with E-state index in [9.17, 15) is 18.3 Å². The first kappa shape index (κ1) is 16.4. The van der Waals surface area contributed by atoms with Gasteiger partial charge in [0.25, 0.3) is 0 Å². The van der Waals surface area contributed by atoms with Crippen molar-refractivity contribution < 1.29 is 18.3 Å². The Kier molecular flexibility index (Phi) is 4.68. The van der Waals surface area contributed by atoms with Gasteiger partial charge in [0.15, 0.2) is 0 Å². The fourth-order valence-electron chi connectivity index (χ4n) is 2.74. The lowest BCUT2D eigenvalue weighted by Crippen LogP contribution is -2.45. The molecule has 0 aliphatic carbocycles. The Balaban J connectivity index is 2.26. The minimum absolute atomic E-state index is 0.00494. The van der Waals surface area contributed by atoms with Crippen molar-refractivity contribution in [3.05, 3.63) is 22.8 Å². The summed E-state index contributed by atoms with van der Waals surface area (Å²) in [4.78, 5) is 5.76. The molecular formula is C14H18ClF3N2O. The van der Waals surface area contributed by atoms with Crippen LogP contribution in [-0.2, 0) is 6.18 Å². The smallest absolute Gasteiger partial charge is 0.396 e. The molecular weight excluding hydrogens is 305 g/mol. The predicted octanol–water partition coefficient (Wildman–Crippen LogP) is 3.74. The van der Waals surface area contributed by atoms with E-state index in [1.165, 1.54) is 0 Å². The number of rotatable bonds is 3. The molecule has 0 radical (unpaired) electrons. The maximum absolute atomic E-state index is 12.6. The summed E-state index contributed by atoms with van der Waals surface area (Å²) in [5, 5.41) is 9.59. The van der Waals surface area contributed by atoms with Crippen LogP contribution in [0.5, 0.6) is 0 Å². The number of anilines is 1. The van der Waals surface area contributed by atoms with Gasteiger partial charge in [-0.15, -0.1) is 0 Å². The number of alkyl halides is 3. The molecule has 0 bridgehead atoms. The minimum atomic E-state index is -4.45. The van der Waals surface area contributed by atoms with E-state index in [4.69, 9.17) is 11.6 Å². The summed E-state index contributed by atoms with van der Waals surface area (Å²) in [6.07, 6.45) is -1.09. The first-order valence-electron chi connectivity index (χ1n) is 6.90. The van der Waals surface area contributed by atoms with Crippen molar-refractivity contribution in [2.45, 2.75) is 32.4 Å². The van der Waals surface area contributed by atoms with Crippen LogP contribution in [0.25, 0.3) is 0 Å². The molecule has 0 amide bonds. The molecule has 2 heterocycles. The van der Waals surface area contributed by atoms with Gasteiger partial charge in [-0.25, -0.2) is 4.98 Å². The molecule has 1 atom stereocenters. The average Bonchev–Trinajstić information content (AvgIpc) is 2.46. The molecule has 0 aromatic carbocycles. The van der Waals surface area contributed by atoms with Crippen molar-refractivity contribution in [2.24, 2.45) is 5.41 Å².